The van der Waals surface area contributed by atoms with Crippen LogP contribution in [0.3, 0.4) is 0 Å². The van der Waals surface area contributed by atoms with Gasteiger partial charge in [-0.25, -0.2) is 0 Å². The number of carbonyl (C=O) groups is 1. The molecule has 0 aliphatic carbocycles. The van der Waals surface area contributed by atoms with Crippen molar-refractivity contribution < 1.29 is 19.4 Å². The predicted octanol–water partition coefficient (Wildman–Crippen LogP) is 1.96. The van der Waals surface area contributed by atoms with Gasteiger partial charge in [0.15, 0.2) is 0 Å². The number of piperidine rings is 2. The first-order valence-electron chi connectivity index (χ1n) is 11.1. The van der Waals surface area contributed by atoms with Crippen LogP contribution < -0.4 is 5.32 Å². The van der Waals surface area contributed by atoms with Crippen LogP contribution in [0.5, 0.6) is 0 Å². The molecule has 0 amide bonds. The van der Waals surface area contributed by atoms with E-state index in [-0.39, 0.29) is 11.9 Å². The molecule has 0 spiro atoms. The molecule has 2 heterocycles. The zero-order valence-corrected chi connectivity index (χ0v) is 18.4. The molecule has 3 rings (SSSR count). The van der Waals surface area contributed by atoms with Crippen molar-refractivity contribution in [2.45, 2.75) is 44.4 Å². The number of carbonyl (C=O) groups excluding carboxylic acids is 1. The molecule has 2 aliphatic rings. The number of hydrogen-bond acceptors (Lipinski definition) is 7. The lowest BCUT2D eigenvalue weighted by Crippen LogP contribution is -2.41. The third kappa shape index (κ3) is 7.23. The summed E-state index contributed by atoms with van der Waals surface area (Å²) in [7, 11) is 3.62. The molecule has 1 atom stereocenters. The Bertz CT molecular complexity index is 638. The van der Waals surface area contributed by atoms with Gasteiger partial charge < -0.3 is 29.7 Å². The minimum absolute atomic E-state index is 0.00319. The van der Waals surface area contributed by atoms with Crippen LogP contribution in [-0.4, -0.2) is 86.5 Å². The summed E-state index contributed by atoms with van der Waals surface area (Å²) in [4.78, 5) is 16.2. The van der Waals surface area contributed by atoms with Crippen LogP contribution in [0.4, 0.5) is 5.69 Å². The number of nitrogens with one attached hydrogen (secondary N) is 1. The van der Waals surface area contributed by atoms with Gasteiger partial charge in [0.2, 0.25) is 0 Å². The van der Waals surface area contributed by atoms with Gasteiger partial charge in [-0.2, -0.15) is 0 Å². The lowest BCUT2D eigenvalue weighted by molar-refractivity contribution is -0.147. The number of β-amino-alcohol motifs (C(OH)–C–C–N with tert-alkyl or cyclic N) is 1. The maximum absolute atomic E-state index is 11.6. The standard InChI is InChI=1S/C23H37N3O4/c1-25-11-9-21(10-12-25)24-20-5-3-18(4-6-20)16-30-17-22(27)15-26-13-7-19(8-14-26)23(28)29-2/h3-6,19,21-22,24,27H,7-17H2,1-2H3. The van der Waals surface area contributed by atoms with Crippen molar-refractivity contribution in [2.75, 3.05) is 58.8 Å². The van der Waals surface area contributed by atoms with E-state index in [1.165, 1.54) is 20.0 Å². The summed E-state index contributed by atoms with van der Waals surface area (Å²) in [6.07, 6.45) is 3.42. The molecule has 30 heavy (non-hydrogen) atoms. The number of rotatable bonds is 9. The van der Waals surface area contributed by atoms with E-state index in [9.17, 15) is 9.90 Å². The lowest BCUT2D eigenvalue weighted by Gasteiger charge is -2.31. The van der Waals surface area contributed by atoms with Crippen LogP contribution >= 0.6 is 0 Å². The highest BCUT2D eigenvalue weighted by Crippen LogP contribution is 2.19. The van der Waals surface area contributed by atoms with Crippen LogP contribution in [0.15, 0.2) is 24.3 Å². The molecule has 1 aromatic rings. The second-order valence-corrected chi connectivity index (χ2v) is 8.69. The van der Waals surface area contributed by atoms with Gasteiger partial charge in [-0.1, -0.05) is 12.1 Å². The van der Waals surface area contributed by atoms with E-state index in [4.69, 9.17) is 9.47 Å². The molecule has 2 aliphatic heterocycles. The number of benzene rings is 1. The molecule has 0 aromatic heterocycles. The van der Waals surface area contributed by atoms with Crippen molar-refractivity contribution in [2.24, 2.45) is 5.92 Å². The number of ether oxygens (including phenoxy) is 2. The van der Waals surface area contributed by atoms with Crippen molar-refractivity contribution in [1.29, 1.82) is 0 Å². The number of aliphatic hydroxyl groups excluding tert-OH is 1. The van der Waals surface area contributed by atoms with Crippen LogP contribution in [0, 0.1) is 5.92 Å². The van der Waals surface area contributed by atoms with Crippen LogP contribution in [0.2, 0.25) is 0 Å². The third-order valence-corrected chi connectivity index (χ3v) is 6.21. The fraction of sp³-hybridized carbons (Fsp3) is 0.696. The van der Waals surface area contributed by atoms with E-state index in [1.807, 2.05) is 0 Å². The van der Waals surface area contributed by atoms with E-state index in [0.29, 0.717) is 25.8 Å². The number of methoxy groups -OCH3 is 1. The predicted molar refractivity (Wildman–Crippen MR) is 117 cm³/mol. The second-order valence-electron chi connectivity index (χ2n) is 8.69. The third-order valence-electron chi connectivity index (χ3n) is 6.21. The molecule has 2 fully saturated rings. The Morgan fingerprint density at radius 2 is 1.80 bits per heavy atom. The van der Waals surface area contributed by atoms with Crippen molar-refractivity contribution in [3.63, 3.8) is 0 Å². The molecule has 2 saturated heterocycles. The Labute approximate surface area is 180 Å². The Balaban J connectivity index is 1.31. The van der Waals surface area contributed by atoms with E-state index in [0.717, 1.165) is 50.3 Å². The molecule has 1 unspecified atom stereocenters. The van der Waals surface area contributed by atoms with Gasteiger partial charge in [-0.15, -0.1) is 0 Å². The highest BCUT2D eigenvalue weighted by Gasteiger charge is 2.26. The van der Waals surface area contributed by atoms with Crippen molar-refractivity contribution in [3.8, 4) is 0 Å². The molecular weight excluding hydrogens is 382 g/mol. The number of anilines is 1. The molecular formula is C23H37N3O4. The maximum Gasteiger partial charge on any atom is 0.308 e. The van der Waals surface area contributed by atoms with Gasteiger partial charge in [-0.05, 0) is 76.6 Å². The Morgan fingerprint density at radius 1 is 1.13 bits per heavy atom. The average molecular weight is 420 g/mol. The minimum Gasteiger partial charge on any atom is -0.469 e. The normalized spacial score (nSPS) is 20.8. The first-order valence-corrected chi connectivity index (χ1v) is 11.1. The first kappa shape index (κ1) is 23.0. The summed E-state index contributed by atoms with van der Waals surface area (Å²) in [5.74, 6) is -0.123. The Morgan fingerprint density at radius 3 is 2.43 bits per heavy atom. The largest absolute Gasteiger partial charge is 0.469 e. The molecule has 0 saturated carbocycles. The zero-order valence-electron chi connectivity index (χ0n) is 18.4. The second kappa shape index (κ2) is 11.6. The fourth-order valence-corrected chi connectivity index (χ4v) is 4.27. The van der Waals surface area contributed by atoms with E-state index >= 15 is 0 Å². The minimum atomic E-state index is -0.523. The highest BCUT2D eigenvalue weighted by molar-refractivity contribution is 5.72. The number of nitrogens with zero attached hydrogens (tertiary/aromatic N) is 2. The van der Waals surface area contributed by atoms with Gasteiger partial charge in [0, 0.05) is 18.3 Å². The van der Waals surface area contributed by atoms with Gasteiger partial charge in [-0.3, -0.25) is 4.79 Å². The fourth-order valence-electron chi connectivity index (χ4n) is 4.27. The molecule has 7 heteroatoms. The molecule has 2 N–H and O–H groups in total. The SMILES string of the molecule is COC(=O)C1CCN(CC(O)COCc2ccc(NC3CCN(C)CC3)cc2)CC1. The summed E-state index contributed by atoms with van der Waals surface area (Å²) in [6, 6.07) is 8.94. The van der Waals surface area contributed by atoms with Gasteiger partial charge in [0.25, 0.3) is 0 Å². The molecule has 168 valence electrons. The molecule has 0 bridgehead atoms. The van der Waals surface area contributed by atoms with Crippen LogP contribution in [-0.2, 0) is 20.9 Å². The first-order chi connectivity index (χ1) is 14.5. The summed E-state index contributed by atoms with van der Waals surface area (Å²) in [6.45, 7) is 5.30. The van der Waals surface area contributed by atoms with E-state index in [2.05, 4.69) is 46.4 Å². The summed E-state index contributed by atoms with van der Waals surface area (Å²) in [5.41, 5.74) is 2.26. The summed E-state index contributed by atoms with van der Waals surface area (Å²) in [5, 5.41) is 13.9. The average Bonchev–Trinajstić information content (AvgIpc) is 2.76. The Hall–Kier alpha value is -1.67. The smallest absolute Gasteiger partial charge is 0.308 e. The maximum atomic E-state index is 11.6. The van der Waals surface area contributed by atoms with Gasteiger partial charge in [0.05, 0.1) is 32.3 Å². The monoisotopic (exact) mass is 419 g/mol. The molecule has 0 radical (unpaired) electrons. The van der Waals surface area contributed by atoms with Crippen LogP contribution in [0.1, 0.15) is 31.2 Å². The topological polar surface area (TPSA) is 74.3 Å². The summed E-state index contributed by atoms with van der Waals surface area (Å²) < 4.78 is 10.5. The van der Waals surface area contributed by atoms with E-state index in [1.54, 1.807) is 0 Å². The number of likely N-dealkylation sites (tertiary alicyclic amines) is 2. The van der Waals surface area contributed by atoms with Crippen molar-refractivity contribution in [3.05, 3.63) is 29.8 Å². The van der Waals surface area contributed by atoms with E-state index < -0.39 is 6.10 Å². The van der Waals surface area contributed by atoms with Gasteiger partial charge in [0.1, 0.15) is 0 Å². The molecule has 7 nitrogen and oxygen atoms in total. The zero-order chi connectivity index (χ0) is 21.3. The number of hydrogen-bond donors (Lipinski definition) is 2. The molecule has 1 aromatic carbocycles. The van der Waals surface area contributed by atoms with Crippen molar-refractivity contribution in [1.82, 2.24) is 9.80 Å². The number of esters is 1. The van der Waals surface area contributed by atoms with Gasteiger partial charge >= 0.3 is 5.97 Å². The quantitative estimate of drug-likeness (QED) is 0.593. The lowest BCUT2D eigenvalue weighted by atomic mass is 9.97. The van der Waals surface area contributed by atoms with Crippen molar-refractivity contribution >= 4 is 11.7 Å². The number of aliphatic hydroxyl groups is 1. The summed E-state index contributed by atoms with van der Waals surface area (Å²) >= 11 is 0. The van der Waals surface area contributed by atoms with Crippen LogP contribution in [0.25, 0.3) is 0 Å². The Kier molecular flexibility index (Phi) is 8.93. The highest BCUT2D eigenvalue weighted by atomic mass is 16.5.